The Balaban J connectivity index is 2.51. The summed E-state index contributed by atoms with van der Waals surface area (Å²) in [6, 6.07) is 5.21. The third-order valence-corrected chi connectivity index (χ3v) is 5.15. The van der Waals surface area contributed by atoms with Gasteiger partial charge in [0.05, 0.1) is 24.7 Å². The highest BCUT2D eigenvalue weighted by molar-refractivity contribution is 6.02. The van der Waals surface area contributed by atoms with Crippen molar-refractivity contribution in [2.45, 2.75) is 52.6 Å². The molecule has 1 aromatic rings. The lowest BCUT2D eigenvalue weighted by atomic mass is 9.61. The van der Waals surface area contributed by atoms with Gasteiger partial charge >= 0.3 is 11.9 Å². The van der Waals surface area contributed by atoms with Gasteiger partial charge in [-0.3, -0.25) is 14.4 Å². The molecule has 166 valence electrons. The summed E-state index contributed by atoms with van der Waals surface area (Å²) in [4.78, 5) is 38.7. The second-order valence-electron chi connectivity index (χ2n) is 9.08. The minimum atomic E-state index is -1.72. The molecule has 0 spiro atoms. The lowest BCUT2D eigenvalue weighted by molar-refractivity contribution is -0.173. The summed E-state index contributed by atoms with van der Waals surface area (Å²) in [6.45, 7) is 9.13. The van der Waals surface area contributed by atoms with E-state index in [1.165, 1.54) is 31.2 Å². The summed E-state index contributed by atoms with van der Waals surface area (Å²) < 4.78 is 24.2. The first kappa shape index (κ1) is 24.0. The number of rotatable bonds is 7. The van der Waals surface area contributed by atoms with Crippen LogP contribution in [-0.2, 0) is 23.9 Å². The summed E-state index contributed by atoms with van der Waals surface area (Å²) in [5, 5.41) is 11.0. The third kappa shape index (κ3) is 5.65. The molecule has 1 aromatic carbocycles. The van der Waals surface area contributed by atoms with Crippen LogP contribution in [0.15, 0.2) is 24.3 Å². The number of benzene rings is 1. The van der Waals surface area contributed by atoms with Gasteiger partial charge in [0.15, 0.2) is 5.78 Å². The van der Waals surface area contributed by atoms with Crippen molar-refractivity contribution in [1.82, 2.24) is 0 Å². The first-order valence-electron chi connectivity index (χ1n) is 10.3. The van der Waals surface area contributed by atoms with Gasteiger partial charge in [-0.15, -0.1) is 0 Å². The van der Waals surface area contributed by atoms with E-state index in [9.17, 15) is 23.9 Å². The topological polar surface area (TPSA) is 89.9 Å². The fraction of sp³-hybridized carbons (Fsp3) is 0.609. The second kappa shape index (κ2) is 9.69. The molecule has 1 aliphatic carbocycles. The van der Waals surface area contributed by atoms with Crippen LogP contribution in [0.3, 0.4) is 0 Å². The van der Waals surface area contributed by atoms with E-state index in [0.29, 0.717) is 5.56 Å². The van der Waals surface area contributed by atoms with Crippen molar-refractivity contribution in [3.63, 3.8) is 0 Å². The van der Waals surface area contributed by atoms with E-state index in [4.69, 9.17) is 9.47 Å². The highest BCUT2D eigenvalue weighted by Gasteiger charge is 2.57. The van der Waals surface area contributed by atoms with Gasteiger partial charge in [-0.2, -0.15) is 0 Å². The lowest BCUT2D eigenvalue weighted by Gasteiger charge is -2.43. The number of ether oxygens (including phenoxy) is 2. The van der Waals surface area contributed by atoms with Gasteiger partial charge in [0, 0.05) is 12.3 Å². The van der Waals surface area contributed by atoms with Crippen molar-refractivity contribution in [2.24, 2.45) is 23.7 Å². The van der Waals surface area contributed by atoms with Gasteiger partial charge in [0.25, 0.3) is 0 Å². The van der Waals surface area contributed by atoms with Crippen LogP contribution in [0.2, 0.25) is 0 Å². The Kier molecular flexibility index (Phi) is 7.75. The molecule has 4 atom stereocenters. The van der Waals surface area contributed by atoms with E-state index in [-0.39, 0.29) is 31.5 Å². The third-order valence-electron chi connectivity index (χ3n) is 5.15. The Hall–Kier alpha value is -2.28. The molecule has 0 unspecified atom stereocenters. The fourth-order valence-corrected chi connectivity index (χ4v) is 3.78. The molecule has 6 nitrogen and oxygen atoms in total. The second-order valence-corrected chi connectivity index (χ2v) is 9.08. The van der Waals surface area contributed by atoms with Gasteiger partial charge in [-0.1, -0.05) is 39.8 Å². The van der Waals surface area contributed by atoms with Crippen LogP contribution in [0.1, 0.15) is 52.5 Å². The summed E-state index contributed by atoms with van der Waals surface area (Å²) in [5.74, 6) is -5.82. The SMILES string of the molecule is CC(C)COC(=O)[C@@H]1C(=O)C[C@@](C)(O)[C@H](C(=O)OCC(C)C)[C@@H]1c1ccc(F)cc1. The monoisotopic (exact) mass is 422 g/mol. The van der Waals surface area contributed by atoms with Crippen LogP contribution in [0.5, 0.6) is 0 Å². The first-order chi connectivity index (χ1) is 13.9. The number of aliphatic hydroxyl groups is 1. The number of carbonyl (C=O) groups excluding carboxylic acids is 3. The van der Waals surface area contributed by atoms with Crippen LogP contribution >= 0.6 is 0 Å². The summed E-state index contributed by atoms with van der Waals surface area (Å²) >= 11 is 0. The number of ketones is 1. The van der Waals surface area contributed by atoms with Crippen molar-refractivity contribution >= 4 is 17.7 Å². The maximum atomic E-state index is 13.5. The lowest BCUT2D eigenvalue weighted by Crippen LogP contribution is -2.55. The number of hydrogen-bond donors (Lipinski definition) is 1. The zero-order valence-corrected chi connectivity index (χ0v) is 18.2. The number of esters is 2. The van der Waals surface area contributed by atoms with Crippen LogP contribution in [0.25, 0.3) is 0 Å². The molecule has 1 N–H and O–H groups in total. The van der Waals surface area contributed by atoms with E-state index < -0.39 is 46.9 Å². The predicted octanol–water partition coefficient (Wildman–Crippen LogP) is 3.26. The molecule has 0 amide bonds. The maximum Gasteiger partial charge on any atom is 0.317 e. The Morgan fingerprint density at radius 3 is 2.07 bits per heavy atom. The number of hydrogen-bond acceptors (Lipinski definition) is 6. The van der Waals surface area contributed by atoms with Gasteiger partial charge in [-0.25, -0.2) is 4.39 Å². The smallest absolute Gasteiger partial charge is 0.317 e. The normalized spacial score (nSPS) is 26.7. The quantitative estimate of drug-likeness (QED) is 0.536. The number of Topliss-reactive ketones (excluding diaryl/α,β-unsaturated/α-hetero) is 1. The number of carbonyl (C=O) groups is 3. The van der Waals surface area contributed by atoms with Crippen molar-refractivity contribution < 1.29 is 33.4 Å². The molecule has 7 heteroatoms. The molecule has 1 aliphatic rings. The standard InChI is InChI=1S/C23H31FO6/c1-13(2)11-29-21(26)19-17(25)10-23(5,28)20(22(27)30-12-14(3)4)18(19)15-6-8-16(24)9-7-15/h6-9,13-14,18-20,28H,10-12H2,1-5H3/t18-,19-,20+,23-/m1/s1. The van der Waals surface area contributed by atoms with E-state index in [1.54, 1.807) is 0 Å². The van der Waals surface area contributed by atoms with Gasteiger partial charge in [0.2, 0.25) is 0 Å². The Morgan fingerprint density at radius 2 is 1.57 bits per heavy atom. The van der Waals surface area contributed by atoms with E-state index in [0.717, 1.165) is 0 Å². The largest absolute Gasteiger partial charge is 0.465 e. The van der Waals surface area contributed by atoms with Gasteiger partial charge in [-0.05, 0) is 36.5 Å². The van der Waals surface area contributed by atoms with E-state index in [1.807, 2.05) is 27.7 Å². The molecule has 30 heavy (non-hydrogen) atoms. The number of halogens is 1. The van der Waals surface area contributed by atoms with Crippen LogP contribution in [-0.4, -0.2) is 41.6 Å². The van der Waals surface area contributed by atoms with Crippen LogP contribution in [0.4, 0.5) is 4.39 Å². The first-order valence-corrected chi connectivity index (χ1v) is 10.3. The highest BCUT2D eigenvalue weighted by Crippen LogP contribution is 2.46. The fourth-order valence-electron chi connectivity index (χ4n) is 3.78. The molecular formula is C23H31FO6. The Morgan fingerprint density at radius 1 is 1.07 bits per heavy atom. The minimum absolute atomic E-state index is 0.0619. The zero-order chi connectivity index (χ0) is 22.6. The van der Waals surface area contributed by atoms with Crippen molar-refractivity contribution in [2.75, 3.05) is 13.2 Å². The Labute approximate surface area is 176 Å². The molecule has 2 rings (SSSR count). The predicted molar refractivity (Wildman–Crippen MR) is 108 cm³/mol. The average Bonchev–Trinajstić information content (AvgIpc) is 2.63. The molecule has 1 saturated carbocycles. The van der Waals surface area contributed by atoms with Gasteiger partial charge < -0.3 is 14.6 Å². The molecule has 0 aliphatic heterocycles. The molecule has 1 fully saturated rings. The average molecular weight is 422 g/mol. The molecule has 0 saturated heterocycles. The summed E-state index contributed by atoms with van der Waals surface area (Å²) in [5.41, 5.74) is -1.33. The van der Waals surface area contributed by atoms with Crippen LogP contribution in [0, 0.1) is 29.5 Å². The molecular weight excluding hydrogens is 391 g/mol. The minimum Gasteiger partial charge on any atom is -0.465 e. The molecule has 0 aromatic heterocycles. The molecule has 0 radical (unpaired) electrons. The molecule has 0 bridgehead atoms. The van der Waals surface area contributed by atoms with Crippen molar-refractivity contribution in [3.05, 3.63) is 35.6 Å². The van der Waals surface area contributed by atoms with E-state index in [2.05, 4.69) is 0 Å². The van der Waals surface area contributed by atoms with Crippen molar-refractivity contribution in [1.29, 1.82) is 0 Å². The van der Waals surface area contributed by atoms with Crippen LogP contribution < -0.4 is 0 Å². The Bertz CT molecular complexity index is 768. The van der Waals surface area contributed by atoms with Crippen molar-refractivity contribution in [3.8, 4) is 0 Å². The van der Waals surface area contributed by atoms with E-state index >= 15 is 0 Å². The summed E-state index contributed by atoms with van der Waals surface area (Å²) in [6.07, 6.45) is -0.381. The molecule has 0 heterocycles. The highest BCUT2D eigenvalue weighted by atomic mass is 19.1. The summed E-state index contributed by atoms with van der Waals surface area (Å²) in [7, 11) is 0. The zero-order valence-electron chi connectivity index (χ0n) is 18.2. The van der Waals surface area contributed by atoms with Gasteiger partial charge in [0.1, 0.15) is 11.7 Å². The maximum absolute atomic E-state index is 13.5.